The van der Waals surface area contributed by atoms with E-state index in [1.165, 1.54) is 4.68 Å². The monoisotopic (exact) mass is 246 g/mol. The molecule has 0 aliphatic carbocycles. The highest BCUT2D eigenvalue weighted by Gasteiger charge is 2.07. The van der Waals surface area contributed by atoms with Gasteiger partial charge in [0.15, 0.2) is 0 Å². The third-order valence-corrected chi connectivity index (χ3v) is 2.93. The summed E-state index contributed by atoms with van der Waals surface area (Å²) in [5.74, 6) is 0.432. The number of benzene rings is 1. The zero-order chi connectivity index (χ0) is 12.3. The standard InChI is InChI=1S/C13H14N2OS/c1-2-15-13(16)11(9-17)8-12(14-15)10-6-4-3-5-7-10/h3-8,17H,2,9H2,1H3. The lowest BCUT2D eigenvalue weighted by atomic mass is 10.1. The smallest absolute Gasteiger partial charge is 0.267 e. The summed E-state index contributed by atoms with van der Waals surface area (Å²) >= 11 is 4.18. The number of thiol groups is 1. The van der Waals surface area contributed by atoms with Gasteiger partial charge in [0.05, 0.1) is 5.69 Å². The predicted molar refractivity (Wildman–Crippen MR) is 72.3 cm³/mol. The van der Waals surface area contributed by atoms with Crippen LogP contribution in [0.3, 0.4) is 0 Å². The molecule has 0 spiro atoms. The average Bonchev–Trinajstić information content (AvgIpc) is 2.40. The van der Waals surface area contributed by atoms with Gasteiger partial charge in [0.1, 0.15) is 0 Å². The van der Waals surface area contributed by atoms with Crippen LogP contribution >= 0.6 is 12.6 Å². The maximum absolute atomic E-state index is 11.9. The summed E-state index contributed by atoms with van der Waals surface area (Å²) in [6.45, 7) is 2.48. The highest BCUT2D eigenvalue weighted by molar-refractivity contribution is 7.79. The summed E-state index contributed by atoms with van der Waals surface area (Å²) in [6.07, 6.45) is 0. The van der Waals surface area contributed by atoms with Gasteiger partial charge in [-0.05, 0) is 13.0 Å². The molecular weight excluding hydrogens is 232 g/mol. The van der Waals surface area contributed by atoms with Crippen LogP contribution in [0.5, 0.6) is 0 Å². The summed E-state index contributed by atoms with van der Waals surface area (Å²) < 4.78 is 1.48. The van der Waals surface area contributed by atoms with Gasteiger partial charge in [0.25, 0.3) is 5.56 Å². The molecule has 0 bridgehead atoms. The van der Waals surface area contributed by atoms with Gasteiger partial charge in [-0.3, -0.25) is 4.79 Å². The van der Waals surface area contributed by atoms with Crippen LogP contribution < -0.4 is 5.56 Å². The van der Waals surface area contributed by atoms with E-state index in [9.17, 15) is 4.79 Å². The molecule has 17 heavy (non-hydrogen) atoms. The Hall–Kier alpha value is -1.55. The molecule has 0 aliphatic rings. The number of hydrogen-bond acceptors (Lipinski definition) is 3. The van der Waals surface area contributed by atoms with Crippen LogP contribution in [-0.2, 0) is 12.3 Å². The van der Waals surface area contributed by atoms with Gasteiger partial charge in [-0.1, -0.05) is 30.3 Å². The first-order valence-corrected chi connectivity index (χ1v) is 6.16. The molecule has 1 heterocycles. The lowest BCUT2D eigenvalue weighted by molar-refractivity contribution is 0.614. The van der Waals surface area contributed by atoms with Crippen molar-refractivity contribution in [3.63, 3.8) is 0 Å². The van der Waals surface area contributed by atoms with Gasteiger partial charge in [0, 0.05) is 23.4 Å². The first-order chi connectivity index (χ1) is 8.26. The summed E-state index contributed by atoms with van der Waals surface area (Å²) in [7, 11) is 0. The third kappa shape index (κ3) is 2.42. The van der Waals surface area contributed by atoms with Gasteiger partial charge in [0.2, 0.25) is 0 Å². The van der Waals surface area contributed by atoms with Crippen molar-refractivity contribution in [1.29, 1.82) is 0 Å². The maximum Gasteiger partial charge on any atom is 0.270 e. The summed E-state index contributed by atoms with van der Waals surface area (Å²) in [5, 5.41) is 4.34. The third-order valence-electron chi connectivity index (χ3n) is 2.59. The molecule has 3 nitrogen and oxygen atoms in total. The van der Waals surface area contributed by atoms with E-state index in [2.05, 4.69) is 17.7 Å². The second-order valence-corrected chi connectivity index (χ2v) is 4.02. The Morgan fingerprint density at radius 3 is 2.59 bits per heavy atom. The van der Waals surface area contributed by atoms with Gasteiger partial charge >= 0.3 is 0 Å². The molecule has 0 fully saturated rings. The SMILES string of the molecule is CCn1nc(-c2ccccc2)cc(CS)c1=O. The topological polar surface area (TPSA) is 34.9 Å². The van der Waals surface area contributed by atoms with Crippen molar-refractivity contribution in [1.82, 2.24) is 9.78 Å². The van der Waals surface area contributed by atoms with E-state index in [0.29, 0.717) is 17.9 Å². The minimum Gasteiger partial charge on any atom is -0.267 e. The van der Waals surface area contributed by atoms with E-state index in [4.69, 9.17) is 0 Å². The lowest BCUT2D eigenvalue weighted by Crippen LogP contribution is -2.25. The number of hydrogen-bond donors (Lipinski definition) is 1. The normalized spacial score (nSPS) is 10.5. The van der Waals surface area contributed by atoms with Crippen LogP contribution in [0.15, 0.2) is 41.2 Å². The lowest BCUT2D eigenvalue weighted by Gasteiger charge is -2.07. The van der Waals surface area contributed by atoms with Gasteiger partial charge in [-0.2, -0.15) is 17.7 Å². The minimum atomic E-state index is -0.0535. The molecule has 1 aromatic carbocycles. The maximum atomic E-state index is 11.9. The van der Waals surface area contributed by atoms with Crippen molar-refractivity contribution in [2.75, 3.05) is 0 Å². The highest BCUT2D eigenvalue weighted by atomic mass is 32.1. The predicted octanol–water partition coefficient (Wildman–Crippen LogP) is 2.36. The molecule has 0 amide bonds. The van der Waals surface area contributed by atoms with Crippen LogP contribution in [0.2, 0.25) is 0 Å². The van der Waals surface area contributed by atoms with E-state index in [1.54, 1.807) is 0 Å². The second-order valence-electron chi connectivity index (χ2n) is 3.70. The van der Waals surface area contributed by atoms with Crippen LogP contribution in [0.25, 0.3) is 11.3 Å². The number of nitrogens with zero attached hydrogens (tertiary/aromatic N) is 2. The summed E-state index contributed by atoms with van der Waals surface area (Å²) in [6, 6.07) is 11.7. The fourth-order valence-electron chi connectivity index (χ4n) is 1.67. The first-order valence-electron chi connectivity index (χ1n) is 5.53. The molecule has 0 unspecified atom stereocenters. The van der Waals surface area contributed by atoms with Crippen LogP contribution in [-0.4, -0.2) is 9.78 Å². The van der Waals surface area contributed by atoms with Crippen LogP contribution in [0, 0.1) is 0 Å². The van der Waals surface area contributed by atoms with Crippen molar-refractivity contribution in [3.8, 4) is 11.3 Å². The van der Waals surface area contributed by atoms with E-state index >= 15 is 0 Å². The molecule has 0 atom stereocenters. The molecule has 0 N–H and O–H groups in total. The summed E-state index contributed by atoms with van der Waals surface area (Å²) in [4.78, 5) is 11.9. The molecule has 0 saturated heterocycles. The Morgan fingerprint density at radius 2 is 2.00 bits per heavy atom. The van der Waals surface area contributed by atoms with Crippen molar-refractivity contribution in [2.24, 2.45) is 0 Å². The fourth-order valence-corrected chi connectivity index (χ4v) is 1.90. The first kappa shape index (κ1) is 11.9. The average molecular weight is 246 g/mol. The fraction of sp³-hybridized carbons (Fsp3) is 0.231. The minimum absolute atomic E-state index is 0.0535. The van der Waals surface area contributed by atoms with E-state index in [0.717, 1.165) is 11.3 Å². The Bertz CT molecular complexity index is 535. The van der Waals surface area contributed by atoms with E-state index < -0.39 is 0 Å². The molecule has 0 aliphatic heterocycles. The number of aryl methyl sites for hydroxylation is 1. The van der Waals surface area contributed by atoms with Gasteiger partial charge in [-0.15, -0.1) is 0 Å². The summed E-state index contributed by atoms with van der Waals surface area (Å²) in [5.41, 5.74) is 2.46. The van der Waals surface area contributed by atoms with Gasteiger partial charge < -0.3 is 0 Å². The van der Waals surface area contributed by atoms with Crippen molar-refractivity contribution >= 4 is 12.6 Å². The van der Waals surface area contributed by atoms with Crippen LogP contribution in [0.1, 0.15) is 12.5 Å². The van der Waals surface area contributed by atoms with Crippen molar-refractivity contribution < 1.29 is 0 Å². The number of aromatic nitrogens is 2. The largest absolute Gasteiger partial charge is 0.270 e. The molecule has 0 radical (unpaired) electrons. The van der Waals surface area contributed by atoms with Crippen molar-refractivity contribution in [3.05, 3.63) is 52.3 Å². The molecule has 2 aromatic rings. The second kappa shape index (κ2) is 5.19. The zero-order valence-corrected chi connectivity index (χ0v) is 10.5. The molecule has 0 saturated carbocycles. The van der Waals surface area contributed by atoms with Crippen molar-refractivity contribution in [2.45, 2.75) is 19.2 Å². The highest BCUT2D eigenvalue weighted by Crippen LogP contribution is 2.16. The quantitative estimate of drug-likeness (QED) is 0.844. The number of rotatable bonds is 3. The Morgan fingerprint density at radius 1 is 1.29 bits per heavy atom. The molecule has 88 valence electrons. The Balaban J connectivity index is 2.60. The Labute approximate surface area is 106 Å². The molecular formula is C13H14N2OS. The zero-order valence-electron chi connectivity index (χ0n) is 9.63. The Kier molecular flexibility index (Phi) is 3.64. The molecule has 2 rings (SSSR count). The van der Waals surface area contributed by atoms with E-state index in [-0.39, 0.29) is 5.56 Å². The molecule has 4 heteroatoms. The van der Waals surface area contributed by atoms with E-state index in [1.807, 2.05) is 43.3 Å². The van der Waals surface area contributed by atoms with Gasteiger partial charge in [-0.25, -0.2) is 4.68 Å². The molecule has 1 aromatic heterocycles. The van der Waals surface area contributed by atoms with Crippen LogP contribution in [0.4, 0.5) is 0 Å².